The van der Waals surface area contributed by atoms with Crippen molar-refractivity contribution in [3.63, 3.8) is 0 Å². The number of hydrogen-bond acceptors (Lipinski definition) is 4. The fourth-order valence-corrected chi connectivity index (χ4v) is 2.72. The first-order valence-electron chi connectivity index (χ1n) is 7.79. The highest BCUT2D eigenvalue weighted by molar-refractivity contribution is 6.39. The molecule has 0 atom stereocenters. The third kappa shape index (κ3) is 4.87. The summed E-state index contributed by atoms with van der Waals surface area (Å²) in [6.07, 6.45) is 0.155. The Bertz CT molecular complexity index is 683. The second kappa shape index (κ2) is 8.92. The summed E-state index contributed by atoms with van der Waals surface area (Å²) in [5.41, 5.74) is 2.19. The van der Waals surface area contributed by atoms with Gasteiger partial charge in [-0.2, -0.15) is 0 Å². The highest BCUT2D eigenvalue weighted by atomic mass is 35.5. The molecule has 0 bridgehead atoms. The summed E-state index contributed by atoms with van der Waals surface area (Å²) in [7, 11) is 0. The van der Waals surface area contributed by atoms with Crippen molar-refractivity contribution in [1.29, 1.82) is 0 Å². The molecule has 0 aliphatic carbocycles. The van der Waals surface area contributed by atoms with Crippen molar-refractivity contribution < 1.29 is 9.63 Å². The molecule has 0 fully saturated rings. The van der Waals surface area contributed by atoms with Crippen LogP contribution in [-0.4, -0.2) is 24.1 Å². The van der Waals surface area contributed by atoms with Crippen LogP contribution in [0.3, 0.4) is 0 Å². The third-order valence-corrected chi connectivity index (χ3v) is 4.14. The molecule has 0 radical (unpaired) electrons. The van der Waals surface area contributed by atoms with Crippen molar-refractivity contribution in [2.75, 3.05) is 18.4 Å². The van der Waals surface area contributed by atoms with Gasteiger partial charge in [-0.25, -0.2) is 4.79 Å². The summed E-state index contributed by atoms with van der Waals surface area (Å²) in [6.45, 7) is 5.17. The normalized spacial score (nSPS) is 10.7. The summed E-state index contributed by atoms with van der Waals surface area (Å²) in [5.74, 6) is -0.307. The lowest BCUT2D eigenvalue weighted by molar-refractivity contribution is -0.187. The van der Waals surface area contributed by atoms with Crippen LogP contribution >= 0.6 is 23.2 Å². The van der Waals surface area contributed by atoms with E-state index in [4.69, 9.17) is 28.0 Å². The number of para-hydroxylation sites is 2. The Morgan fingerprint density at radius 3 is 2.29 bits per heavy atom. The second-order valence-electron chi connectivity index (χ2n) is 5.13. The van der Waals surface area contributed by atoms with Crippen molar-refractivity contribution in [1.82, 2.24) is 5.06 Å². The van der Waals surface area contributed by atoms with Crippen molar-refractivity contribution >= 4 is 40.5 Å². The molecule has 6 heteroatoms. The van der Waals surface area contributed by atoms with Gasteiger partial charge in [-0.05, 0) is 37.6 Å². The Hall–Kier alpha value is -1.75. The maximum Gasteiger partial charge on any atom is 0.329 e. The van der Waals surface area contributed by atoms with E-state index in [1.807, 2.05) is 38.1 Å². The summed E-state index contributed by atoms with van der Waals surface area (Å²) in [6, 6.07) is 12.8. The molecule has 4 nitrogen and oxygen atoms in total. The predicted molar refractivity (Wildman–Crippen MR) is 98.9 cm³/mol. The number of halogens is 2. The van der Waals surface area contributed by atoms with Gasteiger partial charge in [-0.3, -0.25) is 0 Å². The van der Waals surface area contributed by atoms with Crippen LogP contribution in [0.5, 0.6) is 0 Å². The molecule has 2 aromatic rings. The van der Waals surface area contributed by atoms with Gasteiger partial charge in [0.2, 0.25) is 0 Å². The van der Waals surface area contributed by atoms with E-state index in [9.17, 15) is 4.79 Å². The number of anilines is 2. The largest absolute Gasteiger partial charge is 0.368 e. The van der Waals surface area contributed by atoms with E-state index in [1.54, 1.807) is 23.3 Å². The Kier molecular flexibility index (Phi) is 6.91. The molecule has 0 amide bonds. The number of hydrogen-bond donors (Lipinski definition) is 1. The Morgan fingerprint density at radius 2 is 1.67 bits per heavy atom. The van der Waals surface area contributed by atoms with Crippen LogP contribution in [0, 0.1) is 0 Å². The van der Waals surface area contributed by atoms with Crippen molar-refractivity contribution in [3.05, 3.63) is 58.1 Å². The average molecular weight is 367 g/mol. The molecule has 0 saturated heterocycles. The monoisotopic (exact) mass is 366 g/mol. The second-order valence-corrected chi connectivity index (χ2v) is 5.95. The zero-order valence-electron chi connectivity index (χ0n) is 13.7. The molecule has 0 heterocycles. The van der Waals surface area contributed by atoms with E-state index >= 15 is 0 Å². The van der Waals surface area contributed by atoms with Gasteiger partial charge in [-0.1, -0.05) is 47.5 Å². The van der Waals surface area contributed by atoms with Crippen LogP contribution in [0.1, 0.15) is 19.4 Å². The highest BCUT2D eigenvalue weighted by Gasteiger charge is 2.14. The smallest absolute Gasteiger partial charge is 0.329 e. The van der Waals surface area contributed by atoms with Crippen LogP contribution < -0.4 is 5.32 Å². The van der Waals surface area contributed by atoms with Gasteiger partial charge in [-0.15, -0.1) is 5.06 Å². The fourth-order valence-electron chi connectivity index (χ4n) is 2.23. The molecule has 1 N–H and O–H groups in total. The molecule has 2 aromatic carbocycles. The topological polar surface area (TPSA) is 41.6 Å². The number of nitrogens with zero attached hydrogens (tertiary/aromatic N) is 1. The minimum absolute atomic E-state index is 0.155. The third-order valence-electron chi connectivity index (χ3n) is 3.51. The zero-order valence-corrected chi connectivity index (χ0v) is 15.2. The lowest BCUT2D eigenvalue weighted by atomic mass is 10.1. The summed E-state index contributed by atoms with van der Waals surface area (Å²) in [4.78, 5) is 17.5. The molecular formula is C18H20Cl2N2O2. The summed E-state index contributed by atoms with van der Waals surface area (Å²) in [5, 5.41) is 5.86. The van der Waals surface area contributed by atoms with Gasteiger partial charge in [0, 0.05) is 18.8 Å². The number of hydroxylamine groups is 2. The maximum atomic E-state index is 12.1. The molecule has 2 rings (SSSR count). The quantitative estimate of drug-likeness (QED) is 0.693. The van der Waals surface area contributed by atoms with E-state index in [-0.39, 0.29) is 12.4 Å². The molecule has 0 aliphatic rings. The van der Waals surface area contributed by atoms with Crippen molar-refractivity contribution in [3.8, 4) is 0 Å². The van der Waals surface area contributed by atoms with Crippen LogP contribution in [-0.2, 0) is 16.1 Å². The van der Waals surface area contributed by atoms with Crippen LogP contribution in [0.25, 0.3) is 0 Å². The van der Waals surface area contributed by atoms with Gasteiger partial charge in [0.25, 0.3) is 0 Å². The number of benzene rings is 2. The SMILES string of the molecule is CCN(CC)OC(=O)Cc1ccccc1Nc1c(Cl)cccc1Cl. The minimum atomic E-state index is -0.307. The molecule has 0 aromatic heterocycles. The van der Waals surface area contributed by atoms with Gasteiger partial charge >= 0.3 is 5.97 Å². The molecular weight excluding hydrogens is 347 g/mol. The molecule has 128 valence electrons. The number of carbonyl (C=O) groups is 1. The first kappa shape index (κ1) is 18.6. The van der Waals surface area contributed by atoms with Crippen LogP contribution in [0.2, 0.25) is 10.0 Å². The average Bonchev–Trinajstić information content (AvgIpc) is 2.57. The number of carbonyl (C=O) groups excluding carboxylic acids is 1. The minimum Gasteiger partial charge on any atom is -0.368 e. The number of nitrogens with one attached hydrogen (secondary N) is 1. The summed E-state index contributed by atoms with van der Waals surface area (Å²) < 4.78 is 0. The first-order chi connectivity index (χ1) is 11.5. The van der Waals surface area contributed by atoms with Crippen LogP contribution in [0.4, 0.5) is 11.4 Å². The Balaban J connectivity index is 2.17. The predicted octanol–water partition coefficient (Wildman–Crippen LogP) is 5.08. The molecule has 0 spiro atoms. The molecule has 24 heavy (non-hydrogen) atoms. The number of rotatable bonds is 7. The summed E-state index contributed by atoms with van der Waals surface area (Å²) >= 11 is 12.4. The van der Waals surface area contributed by atoms with E-state index < -0.39 is 0 Å². The fraction of sp³-hybridized carbons (Fsp3) is 0.278. The van der Waals surface area contributed by atoms with Gasteiger partial charge < -0.3 is 10.2 Å². The van der Waals surface area contributed by atoms with Gasteiger partial charge in [0.1, 0.15) is 0 Å². The zero-order chi connectivity index (χ0) is 17.5. The van der Waals surface area contributed by atoms with Crippen molar-refractivity contribution in [2.45, 2.75) is 20.3 Å². The lowest BCUT2D eigenvalue weighted by Gasteiger charge is -2.18. The van der Waals surface area contributed by atoms with Crippen LogP contribution in [0.15, 0.2) is 42.5 Å². The van der Waals surface area contributed by atoms with E-state index in [0.29, 0.717) is 28.8 Å². The Morgan fingerprint density at radius 1 is 1.04 bits per heavy atom. The van der Waals surface area contributed by atoms with Gasteiger partial charge in [0.05, 0.1) is 22.2 Å². The molecule has 0 unspecified atom stereocenters. The standard InChI is InChI=1S/C18H20Cl2N2O2/c1-3-22(4-2)24-17(23)12-13-8-5-6-11-16(13)21-18-14(19)9-7-10-15(18)20/h5-11,21H,3-4,12H2,1-2H3. The maximum absolute atomic E-state index is 12.1. The van der Waals surface area contributed by atoms with E-state index in [1.165, 1.54) is 0 Å². The molecule has 0 aliphatic heterocycles. The van der Waals surface area contributed by atoms with Crippen molar-refractivity contribution in [2.24, 2.45) is 0 Å². The van der Waals surface area contributed by atoms with Gasteiger partial charge in [0.15, 0.2) is 0 Å². The lowest BCUT2D eigenvalue weighted by Crippen LogP contribution is -2.27. The highest BCUT2D eigenvalue weighted by Crippen LogP contribution is 2.33. The van der Waals surface area contributed by atoms with E-state index in [2.05, 4.69) is 5.32 Å². The molecule has 0 saturated carbocycles. The first-order valence-corrected chi connectivity index (χ1v) is 8.55. The Labute approximate surface area is 152 Å². The van der Waals surface area contributed by atoms with E-state index in [0.717, 1.165) is 11.3 Å².